The summed E-state index contributed by atoms with van der Waals surface area (Å²) in [5, 5.41) is 8.46. The van der Waals surface area contributed by atoms with Crippen LogP contribution in [-0.4, -0.2) is 7.11 Å². The molecule has 0 unspecified atom stereocenters. The van der Waals surface area contributed by atoms with E-state index in [1.807, 2.05) is 6.26 Å². The third kappa shape index (κ3) is 4.14. The Morgan fingerprint density at radius 2 is 2.43 bits per heavy atom. The monoisotopic (exact) mass is 185 g/mol. The molecule has 0 radical (unpaired) electrons. The zero-order valence-corrected chi connectivity index (χ0v) is 9.12. The summed E-state index contributed by atoms with van der Waals surface area (Å²) in [5.41, 5.74) is 1.38. The largest absolute Gasteiger partial charge is 1.00 e. The van der Waals surface area contributed by atoms with Crippen molar-refractivity contribution in [2.24, 2.45) is 5.92 Å². The zero-order chi connectivity index (χ0) is 9.52. The summed E-state index contributed by atoms with van der Waals surface area (Å²) in [6.45, 7) is 0. The van der Waals surface area contributed by atoms with Crippen LogP contribution in [0.25, 0.3) is 0 Å². The number of nitriles is 1. The third-order valence-electron chi connectivity index (χ3n) is 2.56. The van der Waals surface area contributed by atoms with E-state index in [9.17, 15) is 0 Å². The first-order valence-electron chi connectivity index (χ1n) is 4.81. The molecule has 1 atom stereocenters. The third-order valence-corrected chi connectivity index (χ3v) is 2.56. The first-order chi connectivity index (χ1) is 6.38. The molecule has 0 aromatic heterocycles. The fourth-order valence-electron chi connectivity index (χ4n) is 1.88. The van der Waals surface area contributed by atoms with Gasteiger partial charge in [-0.1, -0.05) is 6.42 Å². The van der Waals surface area contributed by atoms with E-state index in [4.69, 9.17) is 10.00 Å². The Bertz CT molecular complexity index is 220. The van der Waals surface area contributed by atoms with E-state index in [2.05, 4.69) is 6.07 Å². The van der Waals surface area contributed by atoms with Gasteiger partial charge in [0.25, 0.3) is 0 Å². The molecule has 72 valence electrons. The minimum absolute atomic E-state index is 0. The minimum Gasteiger partial charge on any atom is -0.504 e. The van der Waals surface area contributed by atoms with Crippen molar-refractivity contribution in [1.29, 1.82) is 5.26 Å². The van der Waals surface area contributed by atoms with Gasteiger partial charge in [0.05, 0.1) is 13.4 Å². The van der Waals surface area contributed by atoms with Crippen molar-refractivity contribution < 1.29 is 23.6 Å². The zero-order valence-electron chi connectivity index (χ0n) is 9.12. The van der Waals surface area contributed by atoms with Crippen LogP contribution in [-0.2, 0) is 4.74 Å². The minimum atomic E-state index is 0. The number of hydrogen-bond donors (Lipinski definition) is 0. The van der Waals surface area contributed by atoms with Crippen molar-refractivity contribution in [2.75, 3.05) is 7.11 Å². The smallest absolute Gasteiger partial charge is 0.504 e. The van der Waals surface area contributed by atoms with Crippen LogP contribution in [0.5, 0.6) is 0 Å². The van der Waals surface area contributed by atoms with E-state index in [-0.39, 0.29) is 18.9 Å². The molecule has 0 heterocycles. The van der Waals surface area contributed by atoms with Crippen LogP contribution in [0.2, 0.25) is 0 Å². The SMILES string of the molecule is CO/C=C1/CCCC[C@@H]1C[CH-]C#N.[Li+]. The van der Waals surface area contributed by atoms with Gasteiger partial charge in [0.15, 0.2) is 0 Å². The maximum Gasteiger partial charge on any atom is 1.00 e. The molecule has 1 aliphatic carbocycles. The Hall–Kier alpha value is -0.503. The first-order valence-corrected chi connectivity index (χ1v) is 4.81. The van der Waals surface area contributed by atoms with Gasteiger partial charge in [-0.15, -0.1) is 12.5 Å². The summed E-state index contributed by atoms with van der Waals surface area (Å²) < 4.78 is 5.03. The topological polar surface area (TPSA) is 33.0 Å². The van der Waals surface area contributed by atoms with Gasteiger partial charge in [-0.2, -0.15) is 0 Å². The quantitative estimate of drug-likeness (QED) is 0.347. The van der Waals surface area contributed by atoms with Crippen molar-refractivity contribution in [1.82, 2.24) is 0 Å². The first kappa shape index (κ1) is 13.5. The Morgan fingerprint density at radius 1 is 1.64 bits per heavy atom. The summed E-state index contributed by atoms with van der Waals surface area (Å²) in [6.07, 6.45) is 9.31. The number of rotatable bonds is 3. The van der Waals surface area contributed by atoms with E-state index in [0.29, 0.717) is 5.92 Å². The molecule has 1 fully saturated rings. The molecular formula is C11H16LiNO. The number of ether oxygens (including phenoxy) is 1. The summed E-state index contributed by atoms with van der Waals surface area (Å²) in [5.74, 6) is 0.549. The molecule has 0 bridgehead atoms. The van der Waals surface area contributed by atoms with Crippen LogP contribution in [0.3, 0.4) is 0 Å². The molecule has 0 saturated heterocycles. The second kappa shape index (κ2) is 7.86. The summed E-state index contributed by atoms with van der Waals surface area (Å²) >= 11 is 0. The molecule has 0 N–H and O–H groups in total. The van der Waals surface area contributed by atoms with Crippen molar-refractivity contribution in [3.05, 3.63) is 18.3 Å². The molecular weight excluding hydrogens is 169 g/mol. The summed E-state index contributed by atoms with van der Waals surface area (Å²) in [6, 6.07) is 2.08. The fraction of sp³-hybridized carbons (Fsp3) is 0.636. The molecule has 1 saturated carbocycles. The van der Waals surface area contributed by atoms with E-state index in [1.54, 1.807) is 13.5 Å². The van der Waals surface area contributed by atoms with Crippen LogP contribution in [0.4, 0.5) is 0 Å². The van der Waals surface area contributed by atoms with E-state index in [1.165, 1.54) is 24.8 Å². The molecule has 0 spiro atoms. The predicted molar refractivity (Wildman–Crippen MR) is 51.6 cm³/mol. The van der Waals surface area contributed by atoms with Crippen molar-refractivity contribution in [3.8, 4) is 6.07 Å². The molecule has 0 amide bonds. The van der Waals surface area contributed by atoms with Gasteiger partial charge < -0.3 is 4.74 Å². The summed E-state index contributed by atoms with van der Waals surface area (Å²) in [4.78, 5) is 0. The molecule has 1 aliphatic rings. The molecule has 0 aromatic rings. The van der Waals surface area contributed by atoms with Crippen molar-refractivity contribution in [2.45, 2.75) is 32.1 Å². The number of nitrogens with zero attached hydrogens (tertiary/aromatic N) is 1. The Labute approximate surface area is 98.5 Å². The van der Waals surface area contributed by atoms with E-state index in [0.717, 1.165) is 12.8 Å². The van der Waals surface area contributed by atoms with Gasteiger partial charge in [-0.05, 0) is 30.8 Å². The number of methoxy groups -OCH3 is 1. The number of hydrogen-bond acceptors (Lipinski definition) is 2. The normalized spacial score (nSPS) is 23.4. The average Bonchev–Trinajstić information content (AvgIpc) is 2.17. The van der Waals surface area contributed by atoms with Crippen LogP contribution in [0.1, 0.15) is 32.1 Å². The van der Waals surface area contributed by atoms with Gasteiger partial charge in [0, 0.05) is 0 Å². The maximum absolute atomic E-state index is 8.46. The van der Waals surface area contributed by atoms with E-state index >= 15 is 0 Å². The van der Waals surface area contributed by atoms with Crippen molar-refractivity contribution in [3.63, 3.8) is 0 Å². The molecule has 14 heavy (non-hydrogen) atoms. The molecule has 2 nitrogen and oxygen atoms in total. The maximum atomic E-state index is 8.46. The molecule has 0 aromatic carbocycles. The van der Waals surface area contributed by atoms with Gasteiger partial charge in [0.1, 0.15) is 0 Å². The molecule has 0 aliphatic heterocycles. The second-order valence-corrected chi connectivity index (χ2v) is 3.44. The predicted octanol–water partition coefficient (Wildman–Crippen LogP) is -0.171. The average molecular weight is 185 g/mol. The van der Waals surface area contributed by atoms with E-state index < -0.39 is 0 Å². The fourth-order valence-corrected chi connectivity index (χ4v) is 1.88. The van der Waals surface area contributed by atoms with Gasteiger partial charge >= 0.3 is 18.9 Å². The van der Waals surface area contributed by atoms with Gasteiger partial charge in [0.2, 0.25) is 0 Å². The Balaban J connectivity index is 0.00000169. The standard InChI is InChI=1S/C11H16NO.Li/c1-13-9-11-6-3-2-5-10(11)7-4-8-12;/h4,9-10H,2-3,5-7H2,1H3;/q-1;+1/b11-9-;/t10-;/m1./s1. The van der Waals surface area contributed by atoms with Crippen LogP contribution >= 0.6 is 0 Å². The van der Waals surface area contributed by atoms with Crippen LogP contribution in [0, 0.1) is 23.7 Å². The molecule has 1 rings (SSSR count). The Kier molecular flexibility index (Phi) is 7.58. The summed E-state index contributed by atoms with van der Waals surface area (Å²) in [7, 11) is 1.69. The van der Waals surface area contributed by atoms with Crippen molar-refractivity contribution >= 4 is 0 Å². The van der Waals surface area contributed by atoms with Crippen LogP contribution in [0.15, 0.2) is 11.8 Å². The van der Waals surface area contributed by atoms with Gasteiger partial charge in [-0.25, -0.2) is 5.26 Å². The number of allylic oxidation sites excluding steroid dienone is 1. The molecule has 3 heteroatoms. The van der Waals surface area contributed by atoms with Gasteiger partial charge in [-0.3, -0.25) is 6.42 Å². The Morgan fingerprint density at radius 3 is 3.07 bits per heavy atom. The van der Waals surface area contributed by atoms with Crippen LogP contribution < -0.4 is 18.9 Å². The second-order valence-electron chi connectivity index (χ2n) is 3.44.